The van der Waals surface area contributed by atoms with Crippen molar-refractivity contribution >= 4 is 39.6 Å². The molecule has 242 valence electrons. The number of benzene rings is 8. The van der Waals surface area contributed by atoms with Gasteiger partial charge in [0.1, 0.15) is 17.2 Å². The molecule has 0 unspecified atom stereocenters. The summed E-state index contributed by atoms with van der Waals surface area (Å²) in [7, 11) is 0. The molecule has 0 saturated carbocycles. The first-order valence-electron chi connectivity index (χ1n) is 17.8. The lowest BCUT2D eigenvalue weighted by atomic mass is 9.51. The Morgan fingerprint density at radius 1 is 0.385 bits per heavy atom. The molecule has 9 aromatic rings. The van der Waals surface area contributed by atoms with Gasteiger partial charge in [0.25, 0.3) is 0 Å². The van der Waals surface area contributed by atoms with Crippen molar-refractivity contribution < 1.29 is 9.39 Å². The summed E-state index contributed by atoms with van der Waals surface area (Å²) in [6, 6.07) is 64.7. The minimum absolute atomic E-state index is 0.282. The number of nitrogens with zero attached hydrogens (tertiary/aromatic N) is 1. The first kappa shape index (κ1) is 29.0. The van der Waals surface area contributed by atoms with Crippen LogP contribution in [-0.4, -0.2) is 11.5 Å². The van der Waals surface area contributed by atoms with E-state index < -0.39 is 0 Å². The van der Waals surface area contributed by atoms with Gasteiger partial charge in [0.2, 0.25) is 0 Å². The second kappa shape index (κ2) is 11.4. The number of aromatic nitrogens is 1. The highest BCUT2D eigenvalue weighted by Crippen LogP contribution is 2.43. The normalized spacial score (nSPS) is 12.5. The molecule has 0 amide bonds. The molecule has 0 fully saturated rings. The summed E-state index contributed by atoms with van der Waals surface area (Å²) in [6.45, 7) is -0.282. The van der Waals surface area contributed by atoms with Crippen molar-refractivity contribution in [2.45, 2.75) is 0 Å². The fraction of sp³-hybridized carbons (Fsp3) is 0. The molecular weight excluding hydrogens is 633 g/mol. The third kappa shape index (κ3) is 4.41. The van der Waals surface area contributed by atoms with Gasteiger partial charge in [-0.3, -0.25) is 0 Å². The van der Waals surface area contributed by atoms with Gasteiger partial charge in [0, 0.05) is 32.8 Å². The van der Waals surface area contributed by atoms with Crippen molar-refractivity contribution in [1.29, 1.82) is 0 Å². The van der Waals surface area contributed by atoms with Crippen LogP contribution in [0, 0.1) is 0 Å². The van der Waals surface area contributed by atoms with Crippen LogP contribution < -0.4 is 20.3 Å². The smallest absolute Gasteiger partial charge is 0.434 e. The number of rotatable bonds is 4. The number of fused-ring (bicyclic) bond motifs is 7. The van der Waals surface area contributed by atoms with Gasteiger partial charge in [0.05, 0.1) is 16.7 Å². The topological polar surface area (TPSA) is 23.4 Å². The van der Waals surface area contributed by atoms with Gasteiger partial charge in [-0.05, 0) is 75.8 Å². The number of hydrogen-bond acceptors (Lipinski definition) is 2. The molecule has 11 rings (SSSR count). The summed E-state index contributed by atoms with van der Waals surface area (Å²) in [5.74, 6) is 2.54. The molecule has 4 heteroatoms. The average molecular weight is 664 g/mol. The van der Waals surface area contributed by atoms with E-state index in [1.807, 2.05) is 0 Å². The highest BCUT2D eigenvalue weighted by Gasteiger charge is 2.40. The first-order chi connectivity index (χ1) is 25.8. The van der Waals surface area contributed by atoms with Crippen LogP contribution in [0.3, 0.4) is 0 Å². The summed E-state index contributed by atoms with van der Waals surface area (Å²) in [4.78, 5) is 0. The minimum atomic E-state index is -0.282. The van der Waals surface area contributed by atoms with Crippen molar-refractivity contribution in [2.24, 2.45) is 0 Å². The summed E-state index contributed by atoms with van der Waals surface area (Å²) in [6.07, 6.45) is 0. The van der Waals surface area contributed by atoms with Crippen LogP contribution in [0.25, 0.3) is 72.0 Å². The van der Waals surface area contributed by atoms with E-state index in [-0.39, 0.29) is 6.92 Å². The predicted octanol–water partition coefficient (Wildman–Crippen LogP) is 11.1. The van der Waals surface area contributed by atoms with Crippen LogP contribution in [-0.2, 0) is 0 Å². The Bertz CT molecular complexity index is 2820. The molecule has 8 aromatic carbocycles. The zero-order valence-corrected chi connectivity index (χ0v) is 28.2. The number of para-hydroxylation sites is 3. The maximum Gasteiger partial charge on any atom is 0.434 e. The summed E-state index contributed by atoms with van der Waals surface area (Å²) in [5.41, 5.74) is 14.8. The van der Waals surface area contributed by atoms with E-state index in [2.05, 4.69) is 187 Å². The van der Waals surface area contributed by atoms with Crippen LogP contribution in [0.5, 0.6) is 17.2 Å². The SMILES string of the molecule is c1ccc(-c2cccc(-c3ccc4c(c3)OB3c5ccc(-c6ccccc6-n6c7ccccc7c7ccccc76)cc5Oc5cccc-4c53)c2)cc1. The summed E-state index contributed by atoms with van der Waals surface area (Å²) >= 11 is 0. The van der Waals surface area contributed by atoms with Crippen LogP contribution in [0.15, 0.2) is 182 Å². The van der Waals surface area contributed by atoms with Gasteiger partial charge in [-0.15, -0.1) is 0 Å². The fourth-order valence-corrected chi connectivity index (χ4v) is 8.29. The Morgan fingerprint density at radius 3 is 1.83 bits per heavy atom. The number of hydrogen-bond donors (Lipinski definition) is 0. The highest BCUT2D eigenvalue weighted by atomic mass is 16.5. The Hall–Kier alpha value is -6.78. The van der Waals surface area contributed by atoms with Gasteiger partial charge in [-0.2, -0.15) is 0 Å². The van der Waals surface area contributed by atoms with Crippen LogP contribution in [0.4, 0.5) is 0 Å². The molecule has 3 heterocycles. The Morgan fingerprint density at radius 2 is 1.00 bits per heavy atom. The average Bonchev–Trinajstić information content (AvgIpc) is 3.55. The Balaban J connectivity index is 1.01. The van der Waals surface area contributed by atoms with Crippen LogP contribution >= 0.6 is 0 Å². The molecule has 0 spiro atoms. The maximum atomic E-state index is 6.98. The molecule has 1 aromatic heterocycles. The highest BCUT2D eigenvalue weighted by molar-refractivity contribution is 6.84. The van der Waals surface area contributed by atoms with Crippen molar-refractivity contribution in [2.75, 3.05) is 0 Å². The van der Waals surface area contributed by atoms with Crippen LogP contribution in [0.1, 0.15) is 0 Å². The minimum Gasteiger partial charge on any atom is -0.551 e. The molecule has 0 atom stereocenters. The first-order valence-corrected chi connectivity index (χ1v) is 17.8. The van der Waals surface area contributed by atoms with Gasteiger partial charge in [0.15, 0.2) is 0 Å². The molecule has 0 aliphatic carbocycles. The summed E-state index contributed by atoms with van der Waals surface area (Å²) in [5, 5.41) is 2.49. The number of ether oxygens (including phenoxy) is 1. The second-order valence-electron chi connectivity index (χ2n) is 13.6. The van der Waals surface area contributed by atoms with Gasteiger partial charge in [-0.25, -0.2) is 0 Å². The van der Waals surface area contributed by atoms with E-state index in [9.17, 15) is 0 Å². The van der Waals surface area contributed by atoms with E-state index in [0.717, 1.165) is 67.2 Å². The quantitative estimate of drug-likeness (QED) is 0.175. The molecule has 0 bridgehead atoms. The zero-order chi connectivity index (χ0) is 34.2. The van der Waals surface area contributed by atoms with E-state index in [0.29, 0.717) is 0 Å². The van der Waals surface area contributed by atoms with E-state index >= 15 is 0 Å². The van der Waals surface area contributed by atoms with Gasteiger partial charge < -0.3 is 14.0 Å². The van der Waals surface area contributed by atoms with Gasteiger partial charge >= 0.3 is 6.92 Å². The predicted molar refractivity (Wildman–Crippen MR) is 215 cm³/mol. The van der Waals surface area contributed by atoms with E-state index in [1.165, 1.54) is 32.9 Å². The van der Waals surface area contributed by atoms with Crippen molar-refractivity contribution in [3.8, 4) is 67.4 Å². The maximum absolute atomic E-state index is 6.98. The molecule has 2 aliphatic heterocycles. The van der Waals surface area contributed by atoms with Crippen molar-refractivity contribution in [3.05, 3.63) is 182 Å². The molecule has 2 aliphatic rings. The third-order valence-electron chi connectivity index (χ3n) is 10.7. The largest absolute Gasteiger partial charge is 0.551 e. The second-order valence-corrected chi connectivity index (χ2v) is 13.6. The lowest BCUT2D eigenvalue weighted by Crippen LogP contribution is -2.53. The molecule has 0 radical (unpaired) electrons. The van der Waals surface area contributed by atoms with E-state index in [1.54, 1.807) is 0 Å². The fourth-order valence-electron chi connectivity index (χ4n) is 8.29. The molecule has 0 N–H and O–H groups in total. The van der Waals surface area contributed by atoms with E-state index in [4.69, 9.17) is 9.39 Å². The molecule has 0 saturated heterocycles. The monoisotopic (exact) mass is 663 g/mol. The Labute approximate surface area is 302 Å². The lowest BCUT2D eigenvalue weighted by molar-refractivity contribution is 0.479. The lowest BCUT2D eigenvalue weighted by Gasteiger charge is -2.33. The Kier molecular flexibility index (Phi) is 6.35. The van der Waals surface area contributed by atoms with Crippen molar-refractivity contribution in [1.82, 2.24) is 4.57 Å². The third-order valence-corrected chi connectivity index (χ3v) is 10.7. The molecule has 3 nitrogen and oxygen atoms in total. The van der Waals surface area contributed by atoms with Gasteiger partial charge in [-0.1, -0.05) is 140 Å². The van der Waals surface area contributed by atoms with Crippen LogP contribution in [0.2, 0.25) is 0 Å². The summed E-state index contributed by atoms with van der Waals surface area (Å²) < 4.78 is 16.1. The zero-order valence-electron chi connectivity index (χ0n) is 28.2. The molecule has 52 heavy (non-hydrogen) atoms. The molecular formula is C48H30BNO2. The van der Waals surface area contributed by atoms with Crippen molar-refractivity contribution in [3.63, 3.8) is 0 Å². The standard InChI is InChI=1S/C48H30BNO2/c1-2-12-31(13-3-1)32-14-10-15-33(28-32)34-24-26-39-40-19-11-23-45-48(40)49(52-46(39)29-34)41-27-25-35(30-47(41)51-45)36-16-4-7-20-42(36)50-43-21-8-5-17-37(43)38-18-6-9-22-44(38)50/h1-30H.